The summed E-state index contributed by atoms with van der Waals surface area (Å²) in [5.41, 5.74) is 0. The number of hydrogen-bond acceptors (Lipinski definition) is 0. The number of hydrogen-bond donors (Lipinski definition) is 0. The standard InChI is InChI=1S/3C2H4.Ru/c3*1-2;/h3*1-2H2;. The van der Waals surface area contributed by atoms with Gasteiger partial charge in [-0.1, -0.05) is 0 Å². The molecule has 0 atom stereocenters. The molecule has 0 aliphatic heterocycles. The molecular formula is C6H12Ru. The van der Waals surface area contributed by atoms with E-state index in [-0.39, 0.29) is 19.5 Å². The van der Waals surface area contributed by atoms with Crippen molar-refractivity contribution >= 4 is 0 Å². The average Bonchev–Trinajstić information content (AvgIpc) is 1.81. The van der Waals surface area contributed by atoms with Crippen molar-refractivity contribution in [2.75, 3.05) is 0 Å². The fourth-order valence-electron chi connectivity index (χ4n) is 0. The van der Waals surface area contributed by atoms with Gasteiger partial charge in [-0.25, -0.2) is 0 Å². The Morgan fingerprint density at radius 2 is 0.429 bits per heavy atom. The zero-order valence-corrected chi connectivity index (χ0v) is 6.33. The molecule has 0 aromatic carbocycles. The molecule has 0 unspecified atom stereocenters. The molecule has 0 aliphatic carbocycles. The van der Waals surface area contributed by atoms with E-state index < -0.39 is 0 Å². The Hall–Kier alpha value is -0.157. The van der Waals surface area contributed by atoms with Crippen molar-refractivity contribution < 1.29 is 19.5 Å². The van der Waals surface area contributed by atoms with Crippen molar-refractivity contribution in [3.05, 3.63) is 39.5 Å². The molecule has 0 aromatic rings. The zero-order chi connectivity index (χ0) is 6.00. The summed E-state index contributed by atoms with van der Waals surface area (Å²) in [6, 6.07) is 0. The van der Waals surface area contributed by atoms with E-state index in [4.69, 9.17) is 0 Å². The van der Waals surface area contributed by atoms with Crippen molar-refractivity contribution in [2.45, 2.75) is 0 Å². The molecule has 0 fully saturated rings. The Labute approximate surface area is 59.4 Å². The molecule has 0 saturated carbocycles. The van der Waals surface area contributed by atoms with E-state index in [9.17, 15) is 0 Å². The monoisotopic (exact) mass is 186 g/mol. The Morgan fingerprint density at radius 3 is 0.429 bits per heavy atom. The summed E-state index contributed by atoms with van der Waals surface area (Å²) in [5, 5.41) is 0. The molecule has 0 N–H and O–H groups in total. The first-order chi connectivity index (χ1) is 3.00. The van der Waals surface area contributed by atoms with Gasteiger partial charge in [-0.2, -0.15) is 0 Å². The second kappa shape index (κ2) is 5590. The Bertz CT molecular complexity index is 8.90. The maximum Gasteiger partial charge on any atom is 0 e. The first-order valence-corrected chi connectivity index (χ1v) is 1.50. The van der Waals surface area contributed by atoms with Crippen molar-refractivity contribution in [1.82, 2.24) is 0 Å². The minimum Gasteiger partial charge on any atom is -0.106 e. The Morgan fingerprint density at radius 1 is 0.429 bits per heavy atom. The van der Waals surface area contributed by atoms with E-state index in [1.807, 2.05) is 0 Å². The van der Waals surface area contributed by atoms with Gasteiger partial charge >= 0.3 is 0 Å². The van der Waals surface area contributed by atoms with Crippen LogP contribution in [0.4, 0.5) is 0 Å². The molecule has 0 rings (SSSR count). The van der Waals surface area contributed by atoms with Crippen LogP contribution in [0, 0.1) is 0 Å². The third kappa shape index (κ3) is 3520. The van der Waals surface area contributed by atoms with Gasteiger partial charge in [0, 0.05) is 19.5 Å². The molecule has 0 aliphatic rings. The van der Waals surface area contributed by atoms with Crippen LogP contribution in [0.3, 0.4) is 0 Å². The molecule has 0 saturated heterocycles. The van der Waals surface area contributed by atoms with Crippen molar-refractivity contribution in [1.29, 1.82) is 0 Å². The quantitative estimate of drug-likeness (QED) is 0.401. The molecule has 7 heavy (non-hydrogen) atoms. The fourth-order valence-corrected chi connectivity index (χ4v) is 0. The summed E-state index contributed by atoms with van der Waals surface area (Å²) >= 11 is 0. The average molecular weight is 185 g/mol. The second-order valence-corrected chi connectivity index (χ2v) is 0. The van der Waals surface area contributed by atoms with Crippen molar-refractivity contribution in [2.24, 2.45) is 0 Å². The van der Waals surface area contributed by atoms with Gasteiger partial charge in [0.25, 0.3) is 0 Å². The third-order valence-corrected chi connectivity index (χ3v) is 0. The van der Waals surface area contributed by atoms with Crippen LogP contribution in [0.15, 0.2) is 39.5 Å². The molecule has 1 heteroatoms. The van der Waals surface area contributed by atoms with E-state index in [0.717, 1.165) is 0 Å². The summed E-state index contributed by atoms with van der Waals surface area (Å²) in [5.74, 6) is 0. The maximum absolute atomic E-state index is 3.00. The van der Waals surface area contributed by atoms with E-state index >= 15 is 0 Å². The molecular weight excluding hydrogens is 173 g/mol. The molecule has 44 valence electrons. The van der Waals surface area contributed by atoms with E-state index in [1.165, 1.54) is 0 Å². The van der Waals surface area contributed by atoms with Crippen LogP contribution < -0.4 is 0 Å². The van der Waals surface area contributed by atoms with Crippen molar-refractivity contribution in [3.8, 4) is 0 Å². The van der Waals surface area contributed by atoms with Crippen LogP contribution in [0.1, 0.15) is 0 Å². The van der Waals surface area contributed by atoms with E-state index in [2.05, 4.69) is 39.5 Å². The molecule has 0 amide bonds. The third-order valence-electron chi connectivity index (χ3n) is 0. The normalized spacial score (nSPS) is 1.71. The Kier molecular flexibility index (Phi) is 23100. The van der Waals surface area contributed by atoms with Crippen LogP contribution in [-0.2, 0) is 19.5 Å². The molecule has 0 spiro atoms. The minimum atomic E-state index is 0. The Balaban J connectivity index is -0.00000000900. The van der Waals surface area contributed by atoms with Crippen LogP contribution >= 0.6 is 0 Å². The van der Waals surface area contributed by atoms with Gasteiger partial charge in [0.1, 0.15) is 0 Å². The van der Waals surface area contributed by atoms with Gasteiger partial charge in [0.2, 0.25) is 0 Å². The van der Waals surface area contributed by atoms with Crippen LogP contribution in [0.25, 0.3) is 0 Å². The summed E-state index contributed by atoms with van der Waals surface area (Å²) in [4.78, 5) is 0. The minimum absolute atomic E-state index is 0. The van der Waals surface area contributed by atoms with Gasteiger partial charge in [-0.3, -0.25) is 0 Å². The van der Waals surface area contributed by atoms with Gasteiger partial charge in [0.15, 0.2) is 0 Å². The smallest absolute Gasteiger partial charge is 0 e. The maximum atomic E-state index is 3.00. The first-order valence-electron chi connectivity index (χ1n) is 1.50. The zero-order valence-electron chi connectivity index (χ0n) is 4.60. The molecule has 0 aromatic heterocycles. The van der Waals surface area contributed by atoms with Crippen LogP contribution in [0.5, 0.6) is 0 Å². The molecule has 0 bridgehead atoms. The molecule has 0 heterocycles. The van der Waals surface area contributed by atoms with Gasteiger partial charge in [-0.05, 0) is 0 Å². The predicted molar refractivity (Wildman–Crippen MR) is 33.8 cm³/mol. The topological polar surface area (TPSA) is 0 Å². The van der Waals surface area contributed by atoms with E-state index in [1.54, 1.807) is 0 Å². The largest absolute Gasteiger partial charge is 0.106 e. The summed E-state index contributed by atoms with van der Waals surface area (Å²) in [6.07, 6.45) is 0. The summed E-state index contributed by atoms with van der Waals surface area (Å²) in [6.45, 7) is 18.0. The van der Waals surface area contributed by atoms with Gasteiger partial charge < -0.3 is 0 Å². The number of rotatable bonds is 0. The summed E-state index contributed by atoms with van der Waals surface area (Å²) < 4.78 is 0. The van der Waals surface area contributed by atoms with Gasteiger partial charge in [-0.15, -0.1) is 39.5 Å². The summed E-state index contributed by atoms with van der Waals surface area (Å²) in [7, 11) is 0. The fraction of sp³-hybridized carbons (Fsp3) is 0. The van der Waals surface area contributed by atoms with E-state index in [0.29, 0.717) is 0 Å². The predicted octanol–water partition coefficient (Wildman–Crippen LogP) is 2.40. The molecule has 0 nitrogen and oxygen atoms in total. The molecule has 0 radical (unpaired) electrons. The SMILES string of the molecule is C=C.C=C.C=C.[Ru]. The van der Waals surface area contributed by atoms with Crippen molar-refractivity contribution in [3.63, 3.8) is 0 Å². The first kappa shape index (κ1) is 28.9. The van der Waals surface area contributed by atoms with Gasteiger partial charge in [0.05, 0.1) is 0 Å². The van der Waals surface area contributed by atoms with Crippen LogP contribution in [-0.4, -0.2) is 0 Å². The van der Waals surface area contributed by atoms with Crippen LogP contribution in [0.2, 0.25) is 0 Å². The second-order valence-electron chi connectivity index (χ2n) is 0.